The van der Waals surface area contributed by atoms with Crippen molar-refractivity contribution in [3.8, 4) is 5.75 Å². The minimum Gasteiger partial charge on any atom is -0.497 e. The van der Waals surface area contributed by atoms with Gasteiger partial charge in [0.25, 0.3) is 0 Å². The molecule has 2 aromatic rings. The van der Waals surface area contributed by atoms with Crippen LogP contribution in [0.5, 0.6) is 5.75 Å². The summed E-state index contributed by atoms with van der Waals surface area (Å²) in [7, 11) is 1.64. The van der Waals surface area contributed by atoms with Crippen LogP contribution in [0, 0.1) is 0 Å². The number of methoxy groups -OCH3 is 1. The van der Waals surface area contributed by atoms with E-state index in [4.69, 9.17) is 4.74 Å². The number of nitrogens with zero attached hydrogens (tertiary/aromatic N) is 1. The van der Waals surface area contributed by atoms with Crippen LogP contribution in [0.1, 0.15) is 36.0 Å². The smallest absolute Gasteiger partial charge is 0.222 e. The van der Waals surface area contributed by atoms with E-state index in [0.717, 1.165) is 35.4 Å². The Balaban J connectivity index is 1.50. The first-order chi connectivity index (χ1) is 13.2. The number of amides is 2. The molecule has 5 heteroatoms. The molecule has 142 valence electrons. The molecule has 0 aliphatic carbocycles. The monoisotopic (exact) mass is 366 g/mol. The van der Waals surface area contributed by atoms with Crippen LogP contribution in [-0.4, -0.2) is 30.4 Å². The van der Waals surface area contributed by atoms with Crippen LogP contribution in [0.2, 0.25) is 0 Å². The maximum absolute atomic E-state index is 12.2. The van der Waals surface area contributed by atoms with Crippen LogP contribution in [0.15, 0.2) is 48.5 Å². The van der Waals surface area contributed by atoms with Crippen molar-refractivity contribution in [3.05, 3.63) is 65.2 Å². The highest BCUT2D eigenvalue weighted by Gasteiger charge is 2.20. The number of nitrogens with one attached hydrogen (secondary N) is 1. The molecule has 2 aromatic carbocycles. The summed E-state index contributed by atoms with van der Waals surface area (Å²) in [5.74, 6) is 1.06. The largest absolute Gasteiger partial charge is 0.497 e. The Hall–Kier alpha value is -2.82. The summed E-state index contributed by atoms with van der Waals surface area (Å²) in [6.45, 7) is 1.93. The maximum atomic E-state index is 12.2. The number of ether oxygens (including phenoxy) is 1. The van der Waals surface area contributed by atoms with E-state index in [1.165, 1.54) is 0 Å². The van der Waals surface area contributed by atoms with Crippen molar-refractivity contribution in [2.75, 3.05) is 13.7 Å². The van der Waals surface area contributed by atoms with Crippen molar-refractivity contribution in [2.45, 2.75) is 38.8 Å². The molecular formula is C22H26N2O3. The predicted octanol–water partition coefficient (Wildman–Crippen LogP) is 3.07. The lowest BCUT2D eigenvalue weighted by Gasteiger charge is -2.18. The normalized spacial score (nSPS) is 13.7. The summed E-state index contributed by atoms with van der Waals surface area (Å²) in [5.41, 5.74) is 3.28. The van der Waals surface area contributed by atoms with Gasteiger partial charge in [0.1, 0.15) is 5.75 Å². The van der Waals surface area contributed by atoms with Gasteiger partial charge in [-0.2, -0.15) is 0 Å². The summed E-state index contributed by atoms with van der Waals surface area (Å²) < 4.78 is 5.14. The van der Waals surface area contributed by atoms with E-state index in [0.29, 0.717) is 32.4 Å². The van der Waals surface area contributed by atoms with Crippen LogP contribution in [0.3, 0.4) is 0 Å². The first kappa shape index (κ1) is 19.0. The molecule has 5 nitrogen and oxygen atoms in total. The summed E-state index contributed by atoms with van der Waals surface area (Å²) in [4.78, 5) is 26.0. The SMILES string of the molecule is COc1ccc(CCC(=O)NCc2ccccc2CN2CCCC2=O)cc1. The minimum atomic E-state index is 0.0258. The van der Waals surface area contributed by atoms with Gasteiger partial charge in [-0.05, 0) is 41.7 Å². The van der Waals surface area contributed by atoms with E-state index in [2.05, 4.69) is 5.32 Å². The molecular weight excluding hydrogens is 340 g/mol. The van der Waals surface area contributed by atoms with Crippen LogP contribution in [0.25, 0.3) is 0 Å². The average Bonchev–Trinajstić information content (AvgIpc) is 3.10. The molecule has 0 spiro atoms. The quantitative estimate of drug-likeness (QED) is 0.781. The van der Waals surface area contributed by atoms with Crippen molar-refractivity contribution < 1.29 is 14.3 Å². The molecule has 0 atom stereocenters. The first-order valence-electron chi connectivity index (χ1n) is 9.40. The van der Waals surface area contributed by atoms with Gasteiger partial charge in [0.2, 0.25) is 11.8 Å². The summed E-state index contributed by atoms with van der Waals surface area (Å²) in [6, 6.07) is 15.8. The molecule has 0 unspecified atom stereocenters. The molecule has 0 bridgehead atoms. The van der Waals surface area contributed by atoms with Crippen molar-refractivity contribution in [1.29, 1.82) is 0 Å². The number of rotatable bonds is 8. The van der Waals surface area contributed by atoms with Crippen LogP contribution >= 0.6 is 0 Å². The third kappa shape index (κ3) is 5.33. The molecule has 0 radical (unpaired) electrons. The predicted molar refractivity (Wildman–Crippen MR) is 104 cm³/mol. The zero-order chi connectivity index (χ0) is 19.1. The second kappa shape index (κ2) is 9.21. The van der Waals surface area contributed by atoms with Gasteiger partial charge in [-0.25, -0.2) is 0 Å². The Bertz CT molecular complexity index is 786. The average molecular weight is 366 g/mol. The standard InChI is InChI=1S/C22H26N2O3/c1-27-20-11-8-17(9-12-20)10-13-21(25)23-15-18-5-2-3-6-19(18)16-24-14-4-7-22(24)26/h2-3,5-6,8-9,11-12H,4,7,10,13-16H2,1H3,(H,23,25). The van der Waals surface area contributed by atoms with Gasteiger partial charge in [0.15, 0.2) is 0 Å². The van der Waals surface area contributed by atoms with Gasteiger partial charge in [0.05, 0.1) is 7.11 Å². The van der Waals surface area contributed by atoms with Gasteiger partial charge in [-0.3, -0.25) is 9.59 Å². The molecule has 1 saturated heterocycles. The Kier molecular flexibility index (Phi) is 6.47. The minimum absolute atomic E-state index is 0.0258. The molecule has 3 rings (SSSR count). The van der Waals surface area contributed by atoms with Gasteiger partial charge in [-0.15, -0.1) is 0 Å². The van der Waals surface area contributed by atoms with Crippen molar-refractivity contribution in [3.63, 3.8) is 0 Å². The molecule has 1 aliphatic heterocycles. The molecule has 2 amide bonds. The molecule has 0 aromatic heterocycles. The first-order valence-corrected chi connectivity index (χ1v) is 9.40. The van der Waals surface area contributed by atoms with Crippen LogP contribution in [-0.2, 0) is 29.1 Å². The molecule has 1 fully saturated rings. The number of hydrogen-bond donors (Lipinski definition) is 1. The van der Waals surface area contributed by atoms with Crippen LogP contribution in [0.4, 0.5) is 0 Å². The Morgan fingerprint density at radius 3 is 2.52 bits per heavy atom. The zero-order valence-electron chi connectivity index (χ0n) is 15.7. The van der Waals surface area contributed by atoms with E-state index in [1.54, 1.807) is 7.11 Å². The second-order valence-corrected chi connectivity index (χ2v) is 6.81. The lowest BCUT2D eigenvalue weighted by molar-refractivity contribution is -0.128. The fraction of sp³-hybridized carbons (Fsp3) is 0.364. The third-order valence-electron chi connectivity index (χ3n) is 4.93. The highest BCUT2D eigenvalue weighted by atomic mass is 16.5. The molecule has 1 heterocycles. The van der Waals surface area contributed by atoms with Gasteiger partial charge in [-0.1, -0.05) is 36.4 Å². The van der Waals surface area contributed by atoms with E-state index in [1.807, 2.05) is 53.4 Å². The number of carbonyl (C=O) groups is 2. The van der Waals surface area contributed by atoms with Crippen molar-refractivity contribution in [2.24, 2.45) is 0 Å². The second-order valence-electron chi connectivity index (χ2n) is 6.81. The number of aryl methyl sites for hydroxylation is 1. The summed E-state index contributed by atoms with van der Waals surface area (Å²) >= 11 is 0. The van der Waals surface area contributed by atoms with Crippen molar-refractivity contribution in [1.82, 2.24) is 10.2 Å². The van der Waals surface area contributed by atoms with E-state index >= 15 is 0 Å². The lowest BCUT2D eigenvalue weighted by Crippen LogP contribution is -2.27. The van der Waals surface area contributed by atoms with E-state index in [9.17, 15) is 9.59 Å². The third-order valence-corrected chi connectivity index (χ3v) is 4.93. The molecule has 0 saturated carbocycles. The summed E-state index contributed by atoms with van der Waals surface area (Å²) in [5, 5.41) is 3.00. The fourth-order valence-electron chi connectivity index (χ4n) is 3.29. The topological polar surface area (TPSA) is 58.6 Å². The van der Waals surface area contributed by atoms with Gasteiger partial charge in [0, 0.05) is 32.5 Å². The van der Waals surface area contributed by atoms with Gasteiger partial charge >= 0.3 is 0 Å². The van der Waals surface area contributed by atoms with E-state index < -0.39 is 0 Å². The fourth-order valence-corrected chi connectivity index (χ4v) is 3.29. The Morgan fingerprint density at radius 2 is 1.85 bits per heavy atom. The van der Waals surface area contributed by atoms with Crippen molar-refractivity contribution >= 4 is 11.8 Å². The summed E-state index contributed by atoms with van der Waals surface area (Å²) in [6.07, 6.45) is 2.71. The Morgan fingerprint density at radius 1 is 1.11 bits per heavy atom. The number of benzene rings is 2. The highest BCUT2D eigenvalue weighted by Crippen LogP contribution is 2.17. The highest BCUT2D eigenvalue weighted by molar-refractivity contribution is 5.78. The maximum Gasteiger partial charge on any atom is 0.222 e. The number of likely N-dealkylation sites (tertiary alicyclic amines) is 1. The molecule has 27 heavy (non-hydrogen) atoms. The van der Waals surface area contributed by atoms with Gasteiger partial charge < -0.3 is 15.0 Å². The molecule has 1 N–H and O–H groups in total. The number of hydrogen-bond acceptors (Lipinski definition) is 3. The lowest BCUT2D eigenvalue weighted by atomic mass is 10.1. The zero-order valence-corrected chi connectivity index (χ0v) is 15.7. The Labute approximate surface area is 160 Å². The molecule has 1 aliphatic rings. The van der Waals surface area contributed by atoms with Crippen LogP contribution < -0.4 is 10.1 Å². The number of carbonyl (C=O) groups excluding carboxylic acids is 2. The van der Waals surface area contributed by atoms with E-state index in [-0.39, 0.29) is 11.8 Å².